The van der Waals surface area contributed by atoms with E-state index in [9.17, 15) is 9.59 Å². The van der Waals surface area contributed by atoms with E-state index in [1.54, 1.807) is 0 Å². The van der Waals surface area contributed by atoms with Crippen LogP contribution in [0.4, 0.5) is 4.79 Å². The fourth-order valence-electron chi connectivity index (χ4n) is 3.46. The molecular weight excluding hydrogens is 186 g/mol. The van der Waals surface area contributed by atoms with Crippen LogP contribution in [0.2, 0.25) is 0 Å². The summed E-state index contributed by atoms with van der Waals surface area (Å²) in [5.41, 5.74) is 0. The average Bonchev–Trinajstić information content (AvgIpc) is 2.71. The summed E-state index contributed by atoms with van der Waals surface area (Å²) in [5.74, 6) is 0.0623. The molecular formula is C9H11NO4. The Morgan fingerprint density at radius 2 is 1.79 bits per heavy atom. The third-order valence-corrected chi connectivity index (χ3v) is 3.99. The number of carboxylic acid groups (broad SMARTS) is 2. The van der Waals surface area contributed by atoms with Gasteiger partial charge >= 0.3 is 12.1 Å². The predicted molar refractivity (Wildman–Crippen MR) is 44.8 cm³/mol. The number of aliphatic carboxylic acids is 1. The molecule has 3 rings (SSSR count). The molecule has 14 heavy (non-hydrogen) atoms. The van der Waals surface area contributed by atoms with Crippen LogP contribution in [0.15, 0.2) is 0 Å². The van der Waals surface area contributed by atoms with Crippen molar-refractivity contribution in [2.75, 3.05) is 0 Å². The van der Waals surface area contributed by atoms with E-state index in [-0.39, 0.29) is 12.0 Å². The third kappa shape index (κ3) is 0.755. The number of carboxylic acids is 1. The number of hydrogen-bond donors (Lipinski definition) is 2. The summed E-state index contributed by atoms with van der Waals surface area (Å²) >= 11 is 0. The highest BCUT2D eigenvalue weighted by molar-refractivity contribution is 5.81. The van der Waals surface area contributed by atoms with Crippen molar-refractivity contribution in [2.45, 2.75) is 24.9 Å². The minimum absolute atomic E-state index is 0.0106. The molecule has 0 radical (unpaired) electrons. The monoisotopic (exact) mass is 197 g/mol. The molecule has 5 atom stereocenters. The normalized spacial score (nSPS) is 47.7. The van der Waals surface area contributed by atoms with Crippen LogP contribution >= 0.6 is 0 Å². The second-order valence-electron chi connectivity index (χ2n) is 4.50. The molecule has 1 aliphatic heterocycles. The third-order valence-electron chi connectivity index (χ3n) is 3.99. The Morgan fingerprint density at radius 1 is 1.07 bits per heavy atom. The molecule has 0 aromatic heterocycles. The van der Waals surface area contributed by atoms with Crippen LogP contribution in [-0.2, 0) is 4.79 Å². The first-order valence-electron chi connectivity index (χ1n) is 4.85. The van der Waals surface area contributed by atoms with Gasteiger partial charge in [-0.1, -0.05) is 0 Å². The highest BCUT2D eigenvalue weighted by atomic mass is 16.4. The smallest absolute Gasteiger partial charge is 0.408 e. The van der Waals surface area contributed by atoms with Crippen LogP contribution < -0.4 is 0 Å². The van der Waals surface area contributed by atoms with E-state index in [0.29, 0.717) is 11.8 Å². The number of hydrogen-bond acceptors (Lipinski definition) is 2. The molecule has 2 N–H and O–H groups in total. The van der Waals surface area contributed by atoms with E-state index in [4.69, 9.17) is 10.2 Å². The SMILES string of the molecule is O=C(O)C1C2CC(C3CC32)N1C(=O)O. The van der Waals surface area contributed by atoms with E-state index in [1.165, 1.54) is 4.90 Å². The van der Waals surface area contributed by atoms with Gasteiger partial charge in [-0.3, -0.25) is 4.90 Å². The molecule has 3 fully saturated rings. The number of carbonyl (C=O) groups is 2. The van der Waals surface area contributed by atoms with Crippen molar-refractivity contribution in [3.8, 4) is 0 Å². The van der Waals surface area contributed by atoms with E-state index in [0.717, 1.165) is 12.8 Å². The van der Waals surface area contributed by atoms with Gasteiger partial charge in [0.1, 0.15) is 6.04 Å². The molecule has 3 aliphatic rings. The molecule has 1 saturated heterocycles. The zero-order chi connectivity index (χ0) is 10.0. The average molecular weight is 197 g/mol. The van der Waals surface area contributed by atoms with Crippen LogP contribution in [0, 0.1) is 17.8 Å². The molecule has 76 valence electrons. The summed E-state index contributed by atoms with van der Waals surface area (Å²) in [5, 5.41) is 17.9. The van der Waals surface area contributed by atoms with E-state index in [2.05, 4.69) is 0 Å². The zero-order valence-corrected chi connectivity index (χ0v) is 7.46. The second kappa shape index (κ2) is 2.21. The molecule has 5 unspecified atom stereocenters. The second-order valence-corrected chi connectivity index (χ2v) is 4.50. The molecule has 1 heterocycles. The number of likely N-dealkylation sites (tertiary alicyclic amines) is 1. The Balaban J connectivity index is 1.95. The highest BCUT2D eigenvalue weighted by Crippen LogP contribution is 2.63. The maximum Gasteiger partial charge on any atom is 0.408 e. The van der Waals surface area contributed by atoms with Crippen molar-refractivity contribution in [3.05, 3.63) is 0 Å². The Hall–Kier alpha value is -1.26. The molecule has 2 bridgehead atoms. The standard InChI is InChI=1S/C9H11NO4/c11-8(12)7-5-2-6(4-1-3(4)5)10(7)9(13)14/h3-7H,1-2H2,(H,11,12)(H,13,14). The van der Waals surface area contributed by atoms with Crippen molar-refractivity contribution < 1.29 is 19.8 Å². The number of nitrogens with zero attached hydrogens (tertiary/aromatic N) is 1. The van der Waals surface area contributed by atoms with E-state index in [1.807, 2.05) is 0 Å². The van der Waals surface area contributed by atoms with Gasteiger partial charge in [-0.2, -0.15) is 0 Å². The predicted octanol–water partition coefficient (Wildman–Crippen LogP) is 0.458. The van der Waals surface area contributed by atoms with Gasteiger partial charge in [-0.25, -0.2) is 9.59 Å². The highest BCUT2D eigenvalue weighted by Gasteiger charge is 2.67. The Bertz CT molecular complexity index is 299. The molecule has 1 amide bonds. The number of piperidine rings is 1. The topological polar surface area (TPSA) is 77.8 Å². The lowest BCUT2D eigenvalue weighted by Crippen LogP contribution is -2.49. The lowest BCUT2D eigenvalue weighted by atomic mass is 9.97. The molecule has 0 aromatic rings. The summed E-state index contributed by atoms with van der Waals surface area (Å²) in [6.07, 6.45) is 0.719. The van der Waals surface area contributed by atoms with Gasteiger partial charge in [0.05, 0.1) is 0 Å². The Labute approximate surface area is 80.3 Å². The van der Waals surface area contributed by atoms with Gasteiger partial charge in [0, 0.05) is 6.04 Å². The fourth-order valence-corrected chi connectivity index (χ4v) is 3.46. The first kappa shape index (κ1) is 8.08. The van der Waals surface area contributed by atoms with Crippen LogP contribution in [0.3, 0.4) is 0 Å². The van der Waals surface area contributed by atoms with Crippen LogP contribution in [0.5, 0.6) is 0 Å². The van der Waals surface area contributed by atoms with Crippen molar-refractivity contribution in [2.24, 2.45) is 17.8 Å². The first-order valence-corrected chi connectivity index (χ1v) is 4.85. The molecule has 5 nitrogen and oxygen atoms in total. The van der Waals surface area contributed by atoms with Gasteiger partial charge < -0.3 is 10.2 Å². The quantitative estimate of drug-likeness (QED) is 0.640. The zero-order valence-electron chi connectivity index (χ0n) is 7.46. The molecule has 2 saturated carbocycles. The fraction of sp³-hybridized carbons (Fsp3) is 0.778. The number of fused-ring (bicyclic) bond motifs is 5. The Kier molecular flexibility index (Phi) is 1.28. The van der Waals surface area contributed by atoms with Gasteiger partial charge in [-0.05, 0) is 30.6 Å². The molecule has 5 heteroatoms. The summed E-state index contributed by atoms with van der Waals surface area (Å²) in [7, 11) is 0. The van der Waals surface area contributed by atoms with Gasteiger partial charge in [0.25, 0.3) is 0 Å². The van der Waals surface area contributed by atoms with Crippen LogP contribution in [0.1, 0.15) is 12.8 Å². The van der Waals surface area contributed by atoms with Crippen LogP contribution in [0.25, 0.3) is 0 Å². The summed E-state index contributed by atoms with van der Waals surface area (Å²) in [4.78, 5) is 23.1. The molecule has 2 aliphatic carbocycles. The summed E-state index contributed by atoms with van der Waals surface area (Å²) in [6, 6.07) is -0.787. The largest absolute Gasteiger partial charge is 0.480 e. The van der Waals surface area contributed by atoms with Crippen LogP contribution in [-0.4, -0.2) is 39.3 Å². The number of rotatable bonds is 1. The summed E-state index contributed by atoms with van der Waals surface area (Å²) in [6.45, 7) is 0. The minimum Gasteiger partial charge on any atom is -0.480 e. The van der Waals surface area contributed by atoms with Crippen molar-refractivity contribution in [1.82, 2.24) is 4.90 Å². The lowest BCUT2D eigenvalue weighted by molar-refractivity contribution is -0.144. The number of amides is 1. The van der Waals surface area contributed by atoms with E-state index < -0.39 is 18.1 Å². The first-order chi connectivity index (χ1) is 6.61. The maximum absolute atomic E-state index is 11.0. The van der Waals surface area contributed by atoms with Crippen molar-refractivity contribution in [1.29, 1.82) is 0 Å². The lowest BCUT2D eigenvalue weighted by Gasteiger charge is -2.29. The van der Waals surface area contributed by atoms with Crippen molar-refractivity contribution >= 4 is 12.1 Å². The summed E-state index contributed by atoms with van der Waals surface area (Å²) < 4.78 is 0. The van der Waals surface area contributed by atoms with Gasteiger partial charge in [-0.15, -0.1) is 0 Å². The van der Waals surface area contributed by atoms with Gasteiger partial charge in [0.15, 0.2) is 0 Å². The Morgan fingerprint density at radius 3 is 2.36 bits per heavy atom. The van der Waals surface area contributed by atoms with E-state index >= 15 is 0 Å². The minimum atomic E-state index is -1.07. The van der Waals surface area contributed by atoms with Gasteiger partial charge in [0.2, 0.25) is 0 Å². The maximum atomic E-state index is 11.0. The molecule has 0 aromatic carbocycles. The van der Waals surface area contributed by atoms with Crippen molar-refractivity contribution in [3.63, 3.8) is 0 Å². The molecule has 0 spiro atoms.